The molecule has 1 unspecified atom stereocenters. The fraction of sp³-hybridized carbons (Fsp3) is 0.636. The molecule has 1 aromatic carbocycles. The summed E-state index contributed by atoms with van der Waals surface area (Å²) in [6.07, 6.45) is 1.07. The fourth-order valence-electron chi connectivity index (χ4n) is 3.74. The summed E-state index contributed by atoms with van der Waals surface area (Å²) < 4.78 is 11.6. The largest absolute Gasteiger partial charge is 0.466 e. The van der Waals surface area contributed by atoms with Crippen LogP contribution < -0.4 is 4.90 Å². The topological polar surface area (TPSA) is 59.1 Å². The van der Waals surface area contributed by atoms with E-state index >= 15 is 0 Å². The minimum absolute atomic E-state index is 0.0967. The molecule has 7 heteroatoms. The van der Waals surface area contributed by atoms with E-state index in [4.69, 9.17) is 9.16 Å². The summed E-state index contributed by atoms with van der Waals surface area (Å²) in [5.41, 5.74) is 2.01. The van der Waals surface area contributed by atoms with Crippen LogP contribution in [0.3, 0.4) is 0 Å². The molecule has 1 heterocycles. The van der Waals surface area contributed by atoms with E-state index in [2.05, 4.69) is 6.92 Å². The van der Waals surface area contributed by atoms with E-state index in [0.29, 0.717) is 6.54 Å². The van der Waals surface area contributed by atoms with Gasteiger partial charge >= 0.3 is 5.97 Å². The van der Waals surface area contributed by atoms with Gasteiger partial charge < -0.3 is 19.0 Å². The lowest BCUT2D eigenvalue weighted by atomic mass is 9.91. The first-order valence-electron chi connectivity index (χ1n) is 10.5. The minimum atomic E-state index is -2.05. The predicted molar refractivity (Wildman–Crippen MR) is 118 cm³/mol. The first-order chi connectivity index (χ1) is 13.6. The summed E-state index contributed by atoms with van der Waals surface area (Å²) in [6.45, 7) is 10.9. The van der Waals surface area contributed by atoms with Crippen LogP contribution in [0.1, 0.15) is 38.3 Å². The van der Waals surface area contributed by atoms with Gasteiger partial charge in [-0.25, -0.2) is 0 Å². The van der Waals surface area contributed by atoms with Crippen molar-refractivity contribution in [2.75, 3.05) is 32.1 Å². The van der Waals surface area contributed by atoms with E-state index in [1.165, 1.54) is 0 Å². The monoisotopic (exact) mass is 420 g/mol. The average molecular weight is 421 g/mol. The van der Waals surface area contributed by atoms with Crippen LogP contribution in [0.15, 0.2) is 24.3 Å². The van der Waals surface area contributed by atoms with Crippen molar-refractivity contribution >= 4 is 25.9 Å². The smallest absolute Gasteiger partial charge is 0.314 e. The molecule has 0 saturated carbocycles. The zero-order valence-corrected chi connectivity index (χ0v) is 19.9. The lowest BCUT2D eigenvalue weighted by molar-refractivity contribution is -0.152. The molecule has 1 amide bonds. The van der Waals surface area contributed by atoms with Gasteiger partial charge in [0.15, 0.2) is 8.32 Å². The van der Waals surface area contributed by atoms with E-state index in [0.717, 1.165) is 24.1 Å². The normalized spacial score (nSPS) is 22.1. The molecular formula is C22H36N2O4Si. The van der Waals surface area contributed by atoms with Gasteiger partial charge in [0.1, 0.15) is 12.0 Å². The number of rotatable bonds is 9. The Morgan fingerprint density at radius 3 is 2.24 bits per heavy atom. The zero-order chi connectivity index (χ0) is 21.8. The van der Waals surface area contributed by atoms with Crippen molar-refractivity contribution in [1.82, 2.24) is 4.90 Å². The van der Waals surface area contributed by atoms with Crippen LogP contribution in [0.25, 0.3) is 0 Å². The second-order valence-electron chi connectivity index (χ2n) is 8.74. The average Bonchev–Trinajstić information content (AvgIpc) is 2.90. The van der Waals surface area contributed by atoms with Crippen molar-refractivity contribution in [1.29, 1.82) is 0 Å². The number of esters is 1. The standard InChI is InChI=1S/C22H36N2O4Si/c1-8-10-15-24-19(16-11-13-17(14-12-16)23(3)4)18(22(26)27-9-2)20(21(24)25)28-29(5,6)7/h11-14,18-20H,8-10,15H2,1-7H3/t18-,19-,20?/m1/s1. The second-order valence-corrected chi connectivity index (χ2v) is 13.2. The maximum atomic E-state index is 13.4. The number of benzene rings is 1. The first-order valence-corrected chi connectivity index (χ1v) is 13.9. The number of carbonyl (C=O) groups is 2. The Hall–Kier alpha value is -1.86. The highest BCUT2D eigenvalue weighted by Crippen LogP contribution is 2.42. The Labute approximate surface area is 176 Å². The Morgan fingerprint density at radius 1 is 1.14 bits per heavy atom. The maximum absolute atomic E-state index is 13.4. The molecule has 1 aliphatic rings. The predicted octanol–water partition coefficient (Wildman–Crippen LogP) is 3.84. The highest BCUT2D eigenvalue weighted by Gasteiger charge is 2.54. The molecule has 6 nitrogen and oxygen atoms in total. The molecule has 3 atom stereocenters. The fourth-order valence-corrected chi connectivity index (χ4v) is 4.75. The third-order valence-electron chi connectivity index (χ3n) is 5.07. The van der Waals surface area contributed by atoms with Gasteiger partial charge in [0.2, 0.25) is 0 Å². The number of amides is 1. The Bertz CT molecular complexity index is 700. The molecule has 29 heavy (non-hydrogen) atoms. The van der Waals surface area contributed by atoms with Gasteiger partial charge in [-0.1, -0.05) is 25.5 Å². The van der Waals surface area contributed by atoms with Crippen LogP contribution in [0, 0.1) is 5.92 Å². The van der Waals surface area contributed by atoms with Crippen LogP contribution in [-0.2, 0) is 18.8 Å². The molecular weight excluding hydrogens is 384 g/mol. The van der Waals surface area contributed by atoms with Crippen molar-refractivity contribution < 1.29 is 18.8 Å². The van der Waals surface area contributed by atoms with E-state index < -0.39 is 20.3 Å². The van der Waals surface area contributed by atoms with Crippen molar-refractivity contribution in [3.63, 3.8) is 0 Å². The Balaban J connectivity index is 2.51. The van der Waals surface area contributed by atoms with E-state index in [1.54, 1.807) is 6.92 Å². The van der Waals surface area contributed by atoms with Gasteiger partial charge in [0.25, 0.3) is 5.91 Å². The number of unbranched alkanes of at least 4 members (excludes halogenated alkanes) is 1. The zero-order valence-electron chi connectivity index (χ0n) is 18.9. The Kier molecular flexibility index (Phi) is 7.88. The third kappa shape index (κ3) is 5.60. The molecule has 0 aliphatic carbocycles. The third-order valence-corrected chi connectivity index (χ3v) is 6.03. The molecule has 1 saturated heterocycles. The molecule has 162 valence electrons. The molecule has 0 spiro atoms. The van der Waals surface area contributed by atoms with Gasteiger partial charge in [-0.3, -0.25) is 9.59 Å². The maximum Gasteiger partial charge on any atom is 0.314 e. The van der Waals surface area contributed by atoms with E-state index in [1.807, 2.05) is 67.8 Å². The van der Waals surface area contributed by atoms with Crippen LogP contribution >= 0.6 is 0 Å². The SMILES string of the molecule is CCCCN1C(=O)C(O[Si](C)(C)C)[C@H](C(=O)OCC)[C@H]1c1ccc(N(C)C)cc1. The summed E-state index contributed by atoms with van der Waals surface area (Å²) in [6, 6.07) is 7.69. The highest BCUT2D eigenvalue weighted by molar-refractivity contribution is 6.69. The van der Waals surface area contributed by atoms with Crippen LogP contribution in [0.5, 0.6) is 0 Å². The second kappa shape index (κ2) is 9.76. The molecule has 0 radical (unpaired) electrons. The number of nitrogens with zero attached hydrogens (tertiary/aromatic N) is 2. The summed E-state index contributed by atoms with van der Waals surface area (Å²) in [5, 5.41) is 0. The number of hydrogen-bond donors (Lipinski definition) is 0. The summed E-state index contributed by atoms with van der Waals surface area (Å²) in [5.74, 6) is -1.11. The van der Waals surface area contributed by atoms with Gasteiger partial charge in [0, 0.05) is 26.3 Å². The van der Waals surface area contributed by atoms with Crippen molar-refractivity contribution in [2.45, 2.75) is 58.5 Å². The van der Waals surface area contributed by atoms with Gasteiger partial charge in [-0.05, 0) is 50.7 Å². The van der Waals surface area contributed by atoms with Crippen LogP contribution in [0.2, 0.25) is 19.6 Å². The minimum Gasteiger partial charge on any atom is -0.466 e. The molecule has 0 N–H and O–H groups in total. The van der Waals surface area contributed by atoms with E-state index in [9.17, 15) is 9.59 Å². The summed E-state index contributed by atoms with van der Waals surface area (Å²) >= 11 is 0. The Morgan fingerprint density at radius 2 is 1.76 bits per heavy atom. The van der Waals surface area contributed by atoms with E-state index in [-0.39, 0.29) is 24.5 Å². The molecule has 0 bridgehead atoms. The molecule has 2 rings (SSSR count). The lowest BCUT2D eigenvalue weighted by Gasteiger charge is -2.28. The van der Waals surface area contributed by atoms with Gasteiger partial charge in [-0.15, -0.1) is 0 Å². The number of carbonyl (C=O) groups excluding carboxylic acids is 2. The number of likely N-dealkylation sites (tertiary alicyclic amines) is 1. The lowest BCUT2D eigenvalue weighted by Crippen LogP contribution is -2.42. The van der Waals surface area contributed by atoms with Crippen molar-refractivity contribution in [3.8, 4) is 0 Å². The number of hydrogen-bond acceptors (Lipinski definition) is 5. The number of ether oxygens (including phenoxy) is 1. The van der Waals surface area contributed by atoms with Gasteiger partial charge in [-0.2, -0.15) is 0 Å². The molecule has 0 aromatic heterocycles. The summed E-state index contributed by atoms with van der Waals surface area (Å²) in [4.78, 5) is 30.2. The van der Waals surface area contributed by atoms with Crippen molar-refractivity contribution in [2.24, 2.45) is 5.92 Å². The van der Waals surface area contributed by atoms with Crippen molar-refractivity contribution in [3.05, 3.63) is 29.8 Å². The van der Waals surface area contributed by atoms with Crippen LogP contribution in [0.4, 0.5) is 5.69 Å². The number of anilines is 1. The van der Waals surface area contributed by atoms with Crippen LogP contribution in [-0.4, -0.2) is 58.4 Å². The molecule has 1 fully saturated rings. The first kappa shape index (κ1) is 23.4. The summed E-state index contributed by atoms with van der Waals surface area (Å²) in [7, 11) is 1.92. The molecule has 1 aliphatic heterocycles. The highest BCUT2D eigenvalue weighted by atomic mass is 28.4. The quantitative estimate of drug-likeness (QED) is 0.449. The van der Waals surface area contributed by atoms with Gasteiger partial charge in [0.05, 0.1) is 12.6 Å². The molecule has 1 aromatic rings.